The van der Waals surface area contributed by atoms with Gasteiger partial charge in [0.15, 0.2) is 23.0 Å². The first-order valence-electron chi connectivity index (χ1n) is 11.5. The number of halogens is 2. The molecular formula is C25H25BrFN5O4. The molecule has 2 aromatic carbocycles. The fourth-order valence-electron chi connectivity index (χ4n) is 3.91. The molecule has 0 atom stereocenters. The third-order valence-corrected chi connectivity index (χ3v) is 6.39. The average molecular weight is 558 g/mol. The van der Waals surface area contributed by atoms with Gasteiger partial charge in [-0.3, -0.25) is 4.90 Å². The number of anilines is 2. The molecular weight excluding hydrogens is 533 g/mol. The molecule has 2 aliphatic rings. The highest BCUT2D eigenvalue weighted by atomic mass is 79.9. The van der Waals surface area contributed by atoms with E-state index in [2.05, 4.69) is 41.1 Å². The van der Waals surface area contributed by atoms with E-state index in [-0.39, 0.29) is 11.7 Å². The summed E-state index contributed by atoms with van der Waals surface area (Å²) < 4.78 is 37.0. The van der Waals surface area contributed by atoms with Gasteiger partial charge in [-0.05, 0) is 46.6 Å². The highest BCUT2D eigenvalue weighted by Gasteiger charge is 2.21. The predicted molar refractivity (Wildman–Crippen MR) is 137 cm³/mol. The van der Waals surface area contributed by atoms with Crippen LogP contribution in [0, 0.1) is 5.82 Å². The second-order valence-electron chi connectivity index (χ2n) is 8.19. The van der Waals surface area contributed by atoms with Crippen molar-refractivity contribution in [1.82, 2.24) is 14.9 Å². The number of methoxy groups -OCH3 is 1. The van der Waals surface area contributed by atoms with Crippen LogP contribution in [0.4, 0.5) is 21.6 Å². The van der Waals surface area contributed by atoms with Crippen LogP contribution in [-0.4, -0.2) is 67.6 Å². The minimum Gasteiger partial charge on any atom is -0.493 e. The van der Waals surface area contributed by atoms with Gasteiger partial charge in [-0.25, -0.2) is 14.4 Å². The van der Waals surface area contributed by atoms with Gasteiger partial charge in [0.05, 0.1) is 31.4 Å². The molecule has 188 valence electrons. The first-order chi connectivity index (χ1) is 17.6. The first-order valence-corrected chi connectivity index (χ1v) is 12.3. The molecule has 1 N–H and O–H groups in total. The first kappa shape index (κ1) is 24.4. The fourth-order valence-corrected chi connectivity index (χ4v) is 4.29. The van der Waals surface area contributed by atoms with Crippen LogP contribution in [0.2, 0.25) is 0 Å². The number of morpholine rings is 1. The molecule has 0 unspecified atom stereocenters. The molecule has 9 nitrogen and oxygen atoms in total. The average Bonchev–Trinajstić information content (AvgIpc) is 3.08. The van der Waals surface area contributed by atoms with Crippen LogP contribution in [0.15, 0.2) is 46.1 Å². The van der Waals surface area contributed by atoms with Gasteiger partial charge in [0.25, 0.3) is 5.88 Å². The van der Waals surface area contributed by atoms with Crippen molar-refractivity contribution in [3.8, 4) is 23.1 Å². The fraction of sp³-hybridized carbons (Fsp3) is 0.320. The van der Waals surface area contributed by atoms with E-state index in [1.165, 1.54) is 12.4 Å². The van der Waals surface area contributed by atoms with Crippen molar-refractivity contribution in [2.24, 2.45) is 4.99 Å². The minimum atomic E-state index is -0.355. The van der Waals surface area contributed by atoms with Gasteiger partial charge < -0.3 is 24.3 Å². The maximum atomic E-state index is 13.6. The number of nitrogens with zero attached hydrogens (tertiary/aromatic N) is 4. The lowest BCUT2D eigenvalue weighted by Gasteiger charge is -2.26. The minimum absolute atomic E-state index is 0.282. The molecule has 1 saturated heterocycles. The maximum Gasteiger partial charge on any atom is 0.250 e. The van der Waals surface area contributed by atoms with Gasteiger partial charge in [0, 0.05) is 43.2 Å². The van der Waals surface area contributed by atoms with E-state index >= 15 is 0 Å². The summed E-state index contributed by atoms with van der Waals surface area (Å²) in [5.74, 6) is 2.05. The van der Waals surface area contributed by atoms with Crippen molar-refractivity contribution >= 4 is 39.3 Å². The Balaban J connectivity index is 1.33. The van der Waals surface area contributed by atoms with Crippen molar-refractivity contribution in [3.63, 3.8) is 0 Å². The van der Waals surface area contributed by atoms with Crippen molar-refractivity contribution in [1.29, 1.82) is 0 Å². The second-order valence-corrected chi connectivity index (χ2v) is 9.04. The molecule has 0 radical (unpaired) electrons. The van der Waals surface area contributed by atoms with Crippen LogP contribution < -0.4 is 19.5 Å². The van der Waals surface area contributed by atoms with Crippen molar-refractivity contribution in [2.45, 2.75) is 6.42 Å². The quantitative estimate of drug-likeness (QED) is 0.300. The lowest BCUT2D eigenvalue weighted by atomic mass is 10.2. The van der Waals surface area contributed by atoms with E-state index in [1.807, 2.05) is 6.07 Å². The number of benzene rings is 2. The van der Waals surface area contributed by atoms with E-state index in [9.17, 15) is 4.39 Å². The van der Waals surface area contributed by atoms with Gasteiger partial charge in [0.2, 0.25) is 0 Å². The molecule has 3 heterocycles. The lowest BCUT2D eigenvalue weighted by molar-refractivity contribution is 0.0357. The van der Waals surface area contributed by atoms with Gasteiger partial charge in [0.1, 0.15) is 17.9 Å². The molecule has 5 rings (SSSR count). The Morgan fingerprint density at radius 3 is 2.81 bits per heavy atom. The van der Waals surface area contributed by atoms with Crippen LogP contribution in [0.5, 0.6) is 23.1 Å². The van der Waals surface area contributed by atoms with Crippen LogP contribution in [0.3, 0.4) is 0 Å². The van der Waals surface area contributed by atoms with E-state index < -0.39 is 0 Å². The number of hydrogen-bond acceptors (Lipinski definition) is 9. The molecule has 0 amide bonds. The molecule has 2 aliphatic heterocycles. The summed E-state index contributed by atoms with van der Waals surface area (Å²) >= 11 is 3.20. The Morgan fingerprint density at radius 1 is 1.14 bits per heavy atom. The van der Waals surface area contributed by atoms with Crippen LogP contribution in [0.25, 0.3) is 0 Å². The summed E-state index contributed by atoms with van der Waals surface area (Å²) in [6.45, 7) is 4.98. The summed E-state index contributed by atoms with van der Waals surface area (Å²) in [5, 5.41) is 3.15. The molecule has 0 saturated carbocycles. The standard InChI is InChI=1S/C25H25BrFN5O4/c1-33-21-13-20-16(11-22(21)35-8-2-5-32-6-9-34-10-7-32)14-28-23-24(29-15-30-25(23)36-20)31-17-3-4-19(27)18(26)12-17/h3-4,11-15H,2,5-10H2,1H3,(H,29,30,31). The van der Waals surface area contributed by atoms with Gasteiger partial charge in [-0.2, -0.15) is 4.98 Å². The van der Waals surface area contributed by atoms with Gasteiger partial charge >= 0.3 is 0 Å². The number of fused-ring (bicyclic) bond motifs is 2. The van der Waals surface area contributed by atoms with Crippen molar-refractivity contribution in [2.75, 3.05) is 51.9 Å². The highest BCUT2D eigenvalue weighted by molar-refractivity contribution is 9.10. The zero-order chi connectivity index (χ0) is 24.9. The summed E-state index contributed by atoms with van der Waals surface area (Å²) in [4.78, 5) is 15.5. The zero-order valence-corrected chi connectivity index (χ0v) is 21.3. The monoisotopic (exact) mass is 557 g/mol. The largest absolute Gasteiger partial charge is 0.493 e. The number of rotatable bonds is 8. The normalized spacial score (nSPS) is 14.9. The molecule has 0 spiro atoms. The number of aliphatic imine (C=N–C) groups is 1. The lowest BCUT2D eigenvalue weighted by Crippen LogP contribution is -2.37. The Morgan fingerprint density at radius 2 is 2.00 bits per heavy atom. The molecule has 0 bridgehead atoms. The summed E-state index contributed by atoms with van der Waals surface area (Å²) in [6, 6.07) is 8.19. The van der Waals surface area contributed by atoms with Crippen molar-refractivity contribution in [3.05, 3.63) is 52.5 Å². The Bertz CT molecular complexity index is 1270. The van der Waals surface area contributed by atoms with Crippen LogP contribution >= 0.6 is 15.9 Å². The molecule has 0 aliphatic carbocycles. The molecule has 3 aromatic rings. The Labute approximate surface area is 216 Å². The predicted octanol–water partition coefficient (Wildman–Crippen LogP) is 5.09. The topological polar surface area (TPSA) is 90.3 Å². The molecule has 1 fully saturated rings. The summed E-state index contributed by atoms with van der Waals surface area (Å²) in [5.41, 5.74) is 1.77. The second kappa shape index (κ2) is 11.2. The van der Waals surface area contributed by atoms with E-state index in [0.29, 0.717) is 51.1 Å². The highest BCUT2D eigenvalue weighted by Crippen LogP contribution is 2.42. The number of aromatic nitrogens is 2. The van der Waals surface area contributed by atoms with E-state index in [1.54, 1.807) is 31.5 Å². The molecule has 11 heteroatoms. The van der Waals surface area contributed by atoms with Crippen LogP contribution in [-0.2, 0) is 4.74 Å². The number of hydrogen-bond donors (Lipinski definition) is 1. The molecule has 36 heavy (non-hydrogen) atoms. The summed E-state index contributed by atoms with van der Waals surface area (Å²) in [7, 11) is 1.59. The van der Waals surface area contributed by atoms with E-state index in [0.717, 1.165) is 39.3 Å². The van der Waals surface area contributed by atoms with E-state index in [4.69, 9.17) is 18.9 Å². The maximum absolute atomic E-state index is 13.6. The number of ether oxygens (including phenoxy) is 4. The number of nitrogens with one attached hydrogen (secondary N) is 1. The SMILES string of the molecule is COc1cc2c(cc1OCCCN1CCOCC1)C=Nc1c(Nc3ccc(F)c(Br)c3)ncnc1O2. The third kappa shape index (κ3) is 5.58. The Hall–Kier alpha value is -3.28. The van der Waals surface area contributed by atoms with Crippen molar-refractivity contribution < 1.29 is 23.3 Å². The van der Waals surface area contributed by atoms with Gasteiger partial charge in [-0.15, -0.1) is 0 Å². The van der Waals surface area contributed by atoms with Crippen LogP contribution in [0.1, 0.15) is 12.0 Å². The summed E-state index contributed by atoms with van der Waals surface area (Å²) in [6.07, 6.45) is 3.94. The third-order valence-electron chi connectivity index (χ3n) is 5.79. The Kier molecular flexibility index (Phi) is 7.59. The molecule has 1 aromatic heterocycles. The smallest absolute Gasteiger partial charge is 0.250 e. The van der Waals surface area contributed by atoms with Gasteiger partial charge in [-0.1, -0.05) is 0 Å². The zero-order valence-electron chi connectivity index (χ0n) is 19.7.